The molecule has 0 atom stereocenters. The second kappa shape index (κ2) is 5.58. The van der Waals surface area contributed by atoms with Crippen LogP contribution in [-0.2, 0) is 16.1 Å². The summed E-state index contributed by atoms with van der Waals surface area (Å²) in [4.78, 5) is 24.2. The standard InChI is InChI=1S/C9H11N3O3/c13-6-10-3-7-1-2-8(11-4-7)12-5-9(14)15/h1-2,4,6H,3,5H2,(H,10,13)(H,11,12)(H,14,15). The number of nitrogens with one attached hydrogen (secondary N) is 2. The lowest BCUT2D eigenvalue weighted by Gasteiger charge is -2.03. The number of aromatic nitrogens is 1. The molecule has 6 nitrogen and oxygen atoms in total. The Morgan fingerprint density at radius 1 is 1.53 bits per heavy atom. The maximum absolute atomic E-state index is 10.2. The third kappa shape index (κ3) is 4.08. The highest BCUT2D eigenvalue weighted by Crippen LogP contribution is 2.03. The number of nitrogens with zero attached hydrogens (tertiary/aromatic N) is 1. The molecule has 15 heavy (non-hydrogen) atoms. The molecule has 3 N–H and O–H groups in total. The van der Waals surface area contributed by atoms with Crippen molar-refractivity contribution < 1.29 is 14.7 Å². The van der Waals surface area contributed by atoms with Crippen molar-refractivity contribution in [3.05, 3.63) is 23.9 Å². The molecule has 0 aliphatic carbocycles. The Labute approximate surface area is 86.3 Å². The smallest absolute Gasteiger partial charge is 0.322 e. The lowest BCUT2D eigenvalue weighted by molar-refractivity contribution is -0.134. The molecule has 0 spiro atoms. The third-order valence-electron chi connectivity index (χ3n) is 1.63. The van der Waals surface area contributed by atoms with Gasteiger partial charge < -0.3 is 15.7 Å². The normalized spacial score (nSPS) is 9.33. The summed E-state index contributed by atoms with van der Waals surface area (Å²) in [6, 6.07) is 3.42. The average Bonchev–Trinajstić information content (AvgIpc) is 2.25. The number of pyridine rings is 1. The molecule has 1 aromatic heterocycles. The van der Waals surface area contributed by atoms with E-state index in [4.69, 9.17) is 5.11 Å². The highest BCUT2D eigenvalue weighted by molar-refractivity contribution is 5.72. The molecule has 0 bridgehead atoms. The number of aliphatic carboxylic acids is 1. The number of hydrogen-bond acceptors (Lipinski definition) is 4. The first-order valence-corrected chi connectivity index (χ1v) is 4.30. The summed E-state index contributed by atoms with van der Waals surface area (Å²) in [6.45, 7) is 0.245. The van der Waals surface area contributed by atoms with Gasteiger partial charge in [0.05, 0.1) is 0 Å². The van der Waals surface area contributed by atoms with Crippen LogP contribution < -0.4 is 10.6 Å². The topological polar surface area (TPSA) is 91.3 Å². The molecular weight excluding hydrogens is 198 g/mol. The largest absolute Gasteiger partial charge is 0.480 e. The van der Waals surface area contributed by atoms with Gasteiger partial charge in [-0.15, -0.1) is 0 Å². The summed E-state index contributed by atoms with van der Waals surface area (Å²) in [5.41, 5.74) is 0.850. The summed E-state index contributed by atoms with van der Waals surface area (Å²) in [5.74, 6) is -0.448. The molecule has 80 valence electrons. The van der Waals surface area contributed by atoms with E-state index in [0.29, 0.717) is 18.8 Å². The van der Waals surface area contributed by atoms with Crippen LogP contribution in [-0.4, -0.2) is 29.0 Å². The lowest BCUT2D eigenvalue weighted by Crippen LogP contribution is -2.13. The molecule has 0 fully saturated rings. The molecule has 1 amide bonds. The first-order valence-electron chi connectivity index (χ1n) is 4.30. The molecule has 1 aromatic rings. The number of carbonyl (C=O) groups excluding carboxylic acids is 1. The monoisotopic (exact) mass is 209 g/mol. The number of carbonyl (C=O) groups is 2. The SMILES string of the molecule is O=CNCc1ccc(NCC(=O)O)nc1. The Hall–Kier alpha value is -2.11. The predicted octanol–water partition coefficient (Wildman–Crippen LogP) is -0.176. The second-order valence-corrected chi connectivity index (χ2v) is 2.80. The van der Waals surface area contributed by atoms with Crippen LogP contribution in [0.5, 0.6) is 0 Å². The second-order valence-electron chi connectivity index (χ2n) is 2.80. The van der Waals surface area contributed by atoms with E-state index in [-0.39, 0.29) is 6.54 Å². The van der Waals surface area contributed by atoms with E-state index in [2.05, 4.69) is 15.6 Å². The molecule has 1 heterocycles. The van der Waals surface area contributed by atoms with E-state index in [1.165, 1.54) is 0 Å². The van der Waals surface area contributed by atoms with E-state index in [0.717, 1.165) is 5.56 Å². The Morgan fingerprint density at radius 3 is 2.87 bits per heavy atom. The van der Waals surface area contributed by atoms with Crippen LogP contribution in [0.1, 0.15) is 5.56 Å². The van der Waals surface area contributed by atoms with E-state index < -0.39 is 5.97 Å². The Kier molecular flexibility index (Phi) is 4.08. The van der Waals surface area contributed by atoms with Crippen molar-refractivity contribution in [2.75, 3.05) is 11.9 Å². The first kappa shape index (κ1) is 11.0. The molecule has 0 unspecified atom stereocenters. The van der Waals surface area contributed by atoms with Gasteiger partial charge in [-0.2, -0.15) is 0 Å². The molecule has 0 radical (unpaired) electrons. The molecule has 1 rings (SSSR count). The maximum Gasteiger partial charge on any atom is 0.322 e. The minimum Gasteiger partial charge on any atom is -0.480 e. The van der Waals surface area contributed by atoms with Crippen molar-refractivity contribution in [1.82, 2.24) is 10.3 Å². The molecule has 6 heteroatoms. The van der Waals surface area contributed by atoms with Crippen LogP contribution in [0.2, 0.25) is 0 Å². The fourth-order valence-electron chi connectivity index (χ4n) is 0.959. The van der Waals surface area contributed by atoms with Gasteiger partial charge >= 0.3 is 5.97 Å². The number of amides is 1. The third-order valence-corrected chi connectivity index (χ3v) is 1.63. The molecule has 0 aromatic carbocycles. The van der Waals surface area contributed by atoms with Gasteiger partial charge in [-0.3, -0.25) is 9.59 Å². The van der Waals surface area contributed by atoms with Crippen molar-refractivity contribution in [3.8, 4) is 0 Å². The Balaban J connectivity index is 2.48. The minimum absolute atomic E-state index is 0.168. The van der Waals surface area contributed by atoms with Gasteiger partial charge in [-0.05, 0) is 11.6 Å². The van der Waals surface area contributed by atoms with Crippen LogP contribution >= 0.6 is 0 Å². The van der Waals surface area contributed by atoms with E-state index >= 15 is 0 Å². The molecular formula is C9H11N3O3. The zero-order chi connectivity index (χ0) is 11.1. The van der Waals surface area contributed by atoms with Gasteiger partial charge in [0.2, 0.25) is 6.41 Å². The number of carboxylic acid groups (broad SMARTS) is 1. The summed E-state index contributed by atoms with van der Waals surface area (Å²) in [5, 5.41) is 13.5. The highest BCUT2D eigenvalue weighted by Gasteiger charge is 1.98. The van der Waals surface area contributed by atoms with Crippen LogP contribution in [0, 0.1) is 0 Å². The van der Waals surface area contributed by atoms with Gasteiger partial charge in [-0.1, -0.05) is 6.07 Å². The van der Waals surface area contributed by atoms with Crippen molar-refractivity contribution in [2.45, 2.75) is 6.54 Å². The van der Waals surface area contributed by atoms with Crippen molar-refractivity contribution >= 4 is 18.2 Å². The summed E-state index contributed by atoms with van der Waals surface area (Å²) < 4.78 is 0. The molecule has 0 aliphatic heterocycles. The summed E-state index contributed by atoms with van der Waals surface area (Å²) in [7, 11) is 0. The number of carboxylic acids is 1. The molecule has 0 saturated heterocycles. The first-order chi connectivity index (χ1) is 7.22. The zero-order valence-corrected chi connectivity index (χ0v) is 7.93. The van der Waals surface area contributed by atoms with Crippen molar-refractivity contribution in [2.24, 2.45) is 0 Å². The van der Waals surface area contributed by atoms with E-state index in [9.17, 15) is 9.59 Å². The maximum atomic E-state index is 10.2. The minimum atomic E-state index is -0.941. The lowest BCUT2D eigenvalue weighted by atomic mass is 10.3. The quantitative estimate of drug-likeness (QED) is 0.565. The molecule has 0 aliphatic rings. The van der Waals surface area contributed by atoms with Crippen LogP contribution in [0.15, 0.2) is 18.3 Å². The summed E-state index contributed by atoms with van der Waals surface area (Å²) >= 11 is 0. The van der Waals surface area contributed by atoms with Gasteiger partial charge in [0, 0.05) is 12.7 Å². The predicted molar refractivity (Wildman–Crippen MR) is 53.3 cm³/mol. The van der Waals surface area contributed by atoms with Crippen LogP contribution in [0.3, 0.4) is 0 Å². The fraction of sp³-hybridized carbons (Fsp3) is 0.222. The Bertz CT molecular complexity index is 337. The van der Waals surface area contributed by atoms with Crippen LogP contribution in [0.4, 0.5) is 5.82 Å². The van der Waals surface area contributed by atoms with Gasteiger partial charge in [-0.25, -0.2) is 4.98 Å². The fourth-order valence-corrected chi connectivity index (χ4v) is 0.959. The zero-order valence-electron chi connectivity index (χ0n) is 7.93. The Morgan fingerprint density at radius 2 is 2.33 bits per heavy atom. The summed E-state index contributed by atoms with van der Waals surface area (Å²) in [6.07, 6.45) is 2.18. The number of anilines is 1. The highest BCUT2D eigenvalue weighted by atomic mass is 16.4. The van der Waals surface area contributed by atoms with Crippen molar-refractivity contribution in [3.63, 3.8) is 0 Å². The van der Waals surface area contributed by atoms with E-state index in [1.807, 2.05) is 0 Å². The molecule has 0 saturated carbocycles. The van der Waals surface area contributed by atoms with Gasteiger partial charge in [0.15, 0.2) is 0 Å². The number of hydrogen-bond donors (Lipinski definition) is 3. The number of rotatable bonds is 6. The van der Waals surface area contributed by atoms with Crippen LogP contribution in [0.25, 0.3) is 0 Å². The van der Waals surface area contributed by atoms with Gasteiger partial charge in [0.1, 0.15) is 12.4 Å². The average molecular weight is 209 g/mol. The van der Waals surface area contributed by atoms with Gasteiger partial charge in [0.25, 0.3) is 0 Å². The van der Waals surface area contributed by atoms with E-state index in [1.54, 1.807) is 18.3 Å². The van der Waals surface area contributed by atoms with Crippen molar-refractivity contribution in [1.29, 1.82) is 0 Å².